The van der Waals surface area contributed by atoms with Gasteiger partial charge in [0.1, 0.15) is 11.2 Å². The molecule has 10 aliphatic rings. The van der Waals surface area contributed by atoms with E-state index in [0.717, 1.165) is 64.9 Å². The Hall–Kier alpha value is -6.32. The summed E-state index contributed by atoms with van der Waals surface area (Å²) in [4.78, 5) is 2.78. The maximum Gasteiger partial charge on any atom is 0.329 e. The van der Waals surface area contributed by atoms with Crippen molar-refractivity contribution in [3.05, 3.63) is 179 Å². The van der Waals surface area contributed by atoms with Crippen LogP contribution in [0.2, 0.25) is 0 Å². The highest BCUT2D eigenvalue weighted by atomic mass is 16.3. The van der Waals surface area contributed by atoms with Crippen molar-refractivity contribution in [1.82, 2.24) is 0 Å². The molecule has 0 spiro atoms. The third-order valence-electron chi connectivity index (χ3n) is 22.4. The molecule has 8 aliphatic carbocycles. The van der Waals surface area contributed by atoms with Gasteiger partial charge in [-0.3, -0.25) is 0 Å². The lowest BCUT2D eigenvalue weighted by molar-refractivity contribution is -0.0835. The summed E-state index contributed by atoms with van der Waals surface area (Å²) in [6, 6.07) is 57.8. The number of aryl methyl sites for hydroxylation is 1. The van der Waals surface area contributed by atoms with Gasteiger partial charge in [0.05, 0.1) is 0 Å². The standard InChI is InChI=1S/C67H54BNO/c1-35-19-56-51-31-53-52-23-38-9-5-6-10-39(38)25-60(52)70-61(53)32-59(51)69(49-17-12-37(13-18-49)36-7-3-2-4-8-36)68-58-30-47(66-33-42-21-41-22-43(34-66)64(66)62(41)42)29-55-50-28-46(67-44-15-16-45(67)27-48(67)26-44)14-11-40(50)24-54(63(55)58)57(20-35)65(56)68/h2-14,17-20,23,25,28-32,41-45,48,54,62,64H,15-16,21-22,24,26-27,33-34H2,1H3. The van der Waals surface area contributed by atoms with Crippen molar-refractivity contribution in [2.45, 2.75) is 81.5 Å². The summed E-state index contributed by atoms with van der Waals surface area (Å²) in [5.41, 5.74) is 26.2. The smallest absolute Gasteiger partial charge is 0.329 e. The van der Waals surface area contributed by atoms with Crippen LogP contribution < -0.4 is 15.7 Å². The molecule has 19 rings (SSSR count). The van der Waals surface area contributed by atoms with Gasteiger partial charge in [0.25, 0.3) is 0 Å². The first-order valence-corrected chi connectivity index (χ1v) is 27.3. The molecule has 7 fully saturated rings. The maximum atomic E-state index is 6.99. The molecule has 8 aromatic carbocycles. The highest BCUT2D eigenvalue weighted by Gasteiger charge is 2.73. The quantitative estimate of drug-likeness (QED) is 0.164. The Morgan fingerprint density at radius 2 is 1.33 bits per heavy atom. The topological polar surface area (TPSA) is 16.4 Å². The second-order valence-corrected chi connectivity index (χ2v) is 24.8. The SMILES string of the molecule is Cc1cc2c3c(c1)C1Cc4ccc(C56C7CCC5CC6C7)cc4-c4cc(C56CC7CC8CC(C5)C6C87)cc(c41)B3N(c1ccc(-c3ccccc3)cc1)c1cc3oc4cc5ccccc5cc4c3cc1-2. The fourth-order valence-electron chi connectivity index (χ4n) is 20.0. The van der Waals surface area contributed by atoms with Crippen LogP contribution in [0.5, 0.6) is 0 Å². The van der Waals surface area contributed by atoms with Crippen LogP contribution in [-0.4, -0.2) is 6.85 Å². The summed E-state index contributed by atoms with van der Waals surface area (Å²) < 4.78 is 6.99. The number of furan rings is 1. The van der Waals surface area contributed by atoms with E-state index >= 15 is 0 Å². The van der Waals surface area contributed by atoms with E-state index in [9.17, 15) is 0 Å². The van der Waals surface area contributed by atoms with Gasteiger partial charge in [-0.05, 0) is 225 Å². The van der Waals surface area contributed by atoms with Crippen molar-refractivity contribution in [3.8, 4) is 33.4 Å². The van der Waals surface area contributed by atoms with Crippen LogP contribution in [0, 0.1) is 54.3 Å². The molecule has 0 amide bonds. The summed E-state index contributed by atoms with van der Waals surface area (Å²) in [6.07, 6.45) is 12.7. The third kappa shape index (κ3) is 4.27. The zero-order valence-electron chi connectivity index (χ0n) is 39.8. The molecular formula is C67H54BNO. The molecule has 9 aromatic rings. The predicted octanol–water partition coefficient (Wildman–Crippen LogP) is 14.9. The maximum absolute atomic E-state index is 6.99. The molecule has 9 unspecified atom stereocenters. The number of benzene rings is 8. The van der Waals surface area contributed by atoms with Gasteiger partial charge in [-0.2, -0.15) is 0 Å². The van der Waals surface area contributed by atoms with E-state index in [4.69, 9.17) is 4.42 Å². The predicted molar refractivity (Wildman–Crippen MR) is 286 cm³/mol. The van der Waals surface area contributed by atoms with Gasteiger partial charge in [-0.25, -0.2) is 0 Å². The lowest BCUT2D eigenvalue weighted by atomic mass is 9.38. The summed E-state index contributed by atoms with van der Waals surface area (Å²) in [5, 5.41) is 4.87. The van der Waals surface area contributed by atoms with E-state index < -0.39 is 0 Å². The molecule has 7 saturated carbocycles. The molecule has 9 atom stereocenters. The molecule has 2 nitrogen and oxygen atoms in total. The van der Waals surface area contributed by atoms with Crippen molar-refractivity contribution >= 4 is 61.9 Å². The molecule has 336 valence electrons. The normalized spacial score (nSPS) is 32.0. The van der Waals surface area contributed by atoms with Crippen molar-refractivity contribution in [1.29, 1.82) is 0 Å². The fraction of sp³-hybridized carbons (Fsp3) is 0.313. The molecule has 2 aliphatic heterocycles. The Morgan fingerprint density at radius 1 is 0.586 bits per heavy atom. The van der Waals surface area contributed by atoms with E-state index in [1.54, 1.807) is 44.4 Å². The number of rotatable bonds is 4. The molecule has 3 heterocycles. The van der Waals surface area contributed by atoms with Gasteiger partial charge in [-0.15, -0.1) is 0 Å². The van der Waals surface area contributed by atoms with E-state index in [2.05, 4.69) is 157 Å². The average Bonchev–Trinajstić information content (AvgIpc) is 3.88. The van der Waals surface area contributed by atoms with Crippen LogP contribution in [0.4, 0.5) is 11.4 Å². The van der Waals surface area contributed by atoms with E-state index in [1.807, 2.05) is 0 Å². The van der Waals surface area contributed by atoms with Crippen LogP contribution in [0.25, 0.3) is 66.1 Å². The molecular weight excluding hydrogens is 846 g/mol. The van der Waals surface area contributed by atoms with Crippen LogP contribution in [0.1, 0.15) is 90.7 Å². The Labute approximate surface area is 410 Å². The van der Waals surface area contributed by atoms with E-state index in [0.29, 0.717) is 16.7 Å². The van der Waals surface area contributed by atoms with Crippen molar-refractivity contribution in [3.63, 3.8) is 0 Å². The molecule has 70 heavy (non-hydrogen) atoms. The second kappa shape index (κ2) is 12.4. The average molecular weight is 900 g/mol. The van der Waals surface area contributed by atoms with E-state index in [-0.39, 0.29) is 6.85 Å². The van der Waals surface area contributed by atoms with E-state index in [1.165, 1.54) is 118 Å². The number of fused-ring (bicyclic) bond motifs is 10. The highest BCUT2D eigenvalue weighted by Crippen LogP contribution is 2.79. The van der Waals surface area contributed by atoms with Crippen LogP contribution >= 0.6 is 0 Å². The summed E-state index contributed by atoms with van der Waals surface area (Å²) in [6.45, 7) is 2.38. The fourth-order valence-corrected chi connectivity index (χ4v) is 20.0. The lowest BCUT2D eigenvalue weighted by Crippen LogP contribution is -2.63. The summed E-state index contributed by atoms with van der Waals surface area (Å²) >= 11 is 0. The minimum atomic E-state index is 0.0265. The Balaban J connectivity index is 0.891. The zero-order chi connectivity index (χ0) is 45.1. The Bertz CT molecular complexity index is 3860. The Kier molecular flexibility index (Phi) is 6.64. The molecule has 0 radical (unpaired) electrons. The first-order chi connectivity index (χ1) is 34.5. The van der Waals surface area contributed by atoms with Gasteiger partial charge < -0.3 is 9.23 Å². The van der Waals surface area contributed by atoms with Crippen molar-refractivity contribution in [2.75, 3.05) is 4.81 Å². The second-order valence-electron chi connectivity index (χ2n) is 24.8. The molecule has 0 bridgehead atoms. The molecule has 0 N–H and O–H groups in total. The van der Waals surface area contributed by atoms with Crippen molar-refractivity contribution in [2.24, 2.45) is 47.3 Å². The molecule has 3 heteroatoms. The van der Waals surface area contributed by atoms with Gasteiger partial charge in [0.15, 0.2) is 0 Å². The molecule has 0 saturated heterocycles. The van der Waals surface area contributed by atoms with Gasteiger partial charge in [0.2, 0.25) is 0 Å². The monoisotopic (exact) mass is 899 g/mol. The van der Waals surface area contributed by atoms with Crippen LogP contribution in [0.3, 0.4) is 0 Å². The molecule has 1 aromatic heterocycles. The number of hydrogen-bond acceptors (Lipinski definition) is 2. The lowest BCUT2D eigenvalue weighted by Gasteiger charge is -2.65. The summed E-state index contributed by atoms with van der Waals surface area (Å²) in [5.74, 6) is 7.74. The minimum Gasteiger partial charge on any atom is -0.456 e. The zero-order valence-corrected chi connectivity index (χ0v) is 39.8. The largest absolute Gasteiger partial charge is 0.456 e. The van der Waals surface area contributed by atoms with Gasteiger partial charge in [-0.1, -0.05) is 115 Å². The van der Waals surface area contributed by atoms with Crippen molar-refractivity contribution < 1.29 is 4.42 Å². The summed E-state index contributed by atoms with van der Waals surface area (Å²) in [7, 11) is 0. The first-order valence-electron chi connectivity index (χ1n) is 27.3. The van der Waals surface area contributed by atoms with Crippen LogP contribution in [-0.2, 0) is 17.3 Å². The van der Waals surface area contributed by atoms with Crippen LogP contribution in [0.15, 0.2) is 150 Å². The Morgan fingerprint density at radius 3 is 2.17 bits per heavy atom. The van der Waals surface area contributed by atoms with Gasteiger partial charge >= 0.3 is 6.85 Å². The number of nitrogens with zero attached hydrogens (tertiary/aromatic N) is 1. The minimum absolute atomic E-state index is 0.0265. The highest BCUT2D eigenvalue weighted by molar-refractivity contribution is 6.92. The third-order valence-corrected chi connectivity index (χ3v) is 22.4. The van der Waals surface area contributed by atoms with Gasteiger partial charge in [0, 0.05) is 45.1 Å². The number of hydrogen-bond donors (Lipinski definition) is 0. The number of anilines is 2. The first kappa shape index (κ1) is 37.5.